The summed E-state index contributed by atoms with van der Waals surface area (Å²) in [5.74, 6) is 1.26. The molecular formula is C15H13Cl2NOS. The van der Waals surface area contributed by atoms with Gasteiger partial charge in [-0.25, -0.2) is 0 Å². The highest BCUT2D eigenvalue weighted by Crippen LogP contribution is 2.30. The Hall–Kier alpha value is -1.29. The molecule has 5 heteroatoms. The lowest BCUT2D eigenvalue weighted by molar-refractivity contribution is 0.481. The molecule has 0 radical (unpaired) electrons. The van der Waals surface area contributed by atoms with Crippen molar-refractivity contribution in [2.24, 2.45) is 5.73 Å². The van der Waals surface area contributed by atoms with Crippen LogP contribution in [0.5, 0.6) is 11.5 Å². The van der Waals surface area contributed by atoms with Crippen LogP contribution in [-0.2, 0) is 6.42 Å². The van der Waals surface area contributed by atoms with E-state index in [1.807, 2.05) is 19.1 Å². The molecule has 0 aliphatic carbocycles. The molecule has 104 valence electrons. The Kier molecular flexibility index (Phi) is 4.86. The quantitative estimate of drug-likeness (QED) is 0.805. The fourth-order valence-electron chi connectivity index (χ4n) is 1.80. The number of aryl methyl sites for hydroxylation is 1. The van der Waals surface area contributed by atoms with Crippen LogP contribution in [0.2, 0.25) is 10.0 Å². The summed E-state index contributed by atoms with van der Waals surface area (Å²) in [6.07, 6.45) is 0.832. The normalized spacial score (nSPS) is 10.3. The van der Waals surface area contributed by atoms with E-state index in [9.17, 15) is 0 Å². The first kappa shape index (κ1) is 15.1. The third kappa shape index (κ3) is 3.42. The standard InChI is InChI=1S/C15H13Cl2NOS/c1-2-9-7-11(4-5-13(9)17)19-14-6-3-10(16)8-12(14)15(18)20/h3-8H,2H2,1H3,(H2,18,20). The summed E-state index contributed by atoms with van der Waals surface area (Å²) in [5.41, 5.74) is 7.32. The monoisotopic (exact) mass is 325 g/mol. The molecular weight excluding hydrogens is 313 g/mol. The van der Waals surface area contributed by atoms with Crippen molar-refractivity contribution in [1.29, 1.82) is 0 Å². The Bertz CT molecular complexity index is 658. The third-order valence-electron chi connectivity index (χ3n) is 2.83. The first-order valence-corrected chi connectivity index (χ1v) is 7.23. The first-order chi connectivity index (χ1) is 9.51. The van der Waals surface area contributed by atoms with E-state index in [4.69, 9.17) is 45.9 Å². The molecule has 2 nitrogen and oxygen atoms in total. The molecule has 2 aromatic rings. The summed E-state index contributed by atoms with van der Waals surface area (Å²) in [6.45, 7) is 2.04. The van der Waals surface area contributed by atoms with Gasteiger partial charge in [-0.3, -0.25) is 0 Å². The zero-order chi connectivity index (χ0) is 14.7. The number of thiocarbonyl (C=S) groups is 1. The number of hydrogen-bond donors (Lipinski definition) is 1. The largest absolute Gasteiger partial charge is 0.457 e. The second kappa shape index (κ2) is 6.44. The van der Waals surface area contributed by atoms with Gasteiger partial charge in [0.2, 0.25) is 0 Å². The van der Waals surface area contributed by atoms with Crippen molar-refractivity contribution in [3.8, 4) is 11.5 Å². The first-order valence-electron chi connectivity index (χ1n) is 6.07. The molecule has 0 bridgehead atoms. The van der Waals surface area contributed by atoms with E-state index < -0.39 is 0 Å². The maximum atomic E-state index is 6.09. The van der Waals surface area contributed by atoms with Gasteiger partial charge in [0.1, 0.15) is 16.5 Å². The number of ether oxygens (including phenoxy) is 1. The molecule has 0 heterocycles. The van der Waals surface area contributed by atoms with Crippen LogP contribution >= 0.6 is 35.4 Å². The topological polar surface area (TPSA) is 35.2 Å². The molecule has 0 atom stereocenters. The van der Waals surface area contributed by atoms with Crippen LogP contribution in [-0.4, -0.2) is 4.99 Å². The molecule has 2 rings (SSSR count). The van der Waals surface area contributed by atoms with Crippen LogP contribution in [0.1, 0.15) is 18.1 Å². The fraction of sp³-hybridized carbons (Fsp3) is 0.133. The maximum Gasteiger partial charge on any atom is 0.137 e. The maximum absolute atomic E-state index is 6.09. The van der Waals surface area contributed by atoms with E-state index in [0.717, 1.165) is 17.0 Å². The fourth-order valence-corrected chi connectivity index (χ4v) is 2.38. The summed E-state index contributed by atoms with van der Waals surface area (Å²) in [7, 11) is 0. The van der Waals surface area contributed by atoms with Gasteiger partial charge in [0, 0.05) is 10.0 Å². The summed E-state index contributed by atoms with van der Waals surface area (Å²) in [5, 5.41) is 1.29. The lowest BCUT2D eigenvalue weighted by Gasteiger charge is -2.12. The molecule has 0 aliphatic rings. The van der Waals surface area contributed by atoms with Crippen molar-refractivity contribution < 1.29 is 4.74 Å². The van der Waals surface area contributed by atoms with E-state index in [1.165, 1.54) is 0 Å². The van der Waals surface area contributed by atoms with E-state index in [0.29, 0.717) is 22.1 Å². The van der Waals surface area contributed by atoms with Gasteiger partial charge in [-0.2, -0.15) is 0 Å². The minimum absolute atomic E-state index is 0.243. The molecule has 0 saturated heterocycles. The van der Waals surface area contributed by atoms with Crippen LogP contribution in [0.25, 0.3) is 0 Å². The lowest BCUT2D eigenvalue weighted by atomic mass is 10.1. The molecule has 0 saturated carbocycles. The minimum atomic E-state index is 0.243. The highest BCUT2D eigenvalue weighted by Gasteiger charge is 2.09. The van der Waals surface area contributed by atoms with Gasteiger partial charge in [0.25, 0.3) is 0 Å². The van der Waals surface area contributed by atoms with Gasteiger partial charge < -0.3 is 10.5 Å². The summed E-state index contributed by atoms with van der Waals surface area (Å²) < 4.78 is 5.84. The molecule has 0 fully saturated rings. The number of benzene rings is 2. The average molecular weight is 326 g/mol. The highest BCUT2D eigenvalue weighted by atomic mass is 35.5. The highest BCUT2D eigenvalue weighted by molar-refractivity contribution is 7.80. The number of nitrogens with two attached hydrogens (primary N) is 1. The van der Waals surface area contributed by atoms with Crippen molar-refractivity contribution in [3.05, 3.63) is 57.6 Å². The van der Waals surface area contributed by atoms with Gasteiger partial charge in [-0.05, 0) is 48.4 Å². The molecule has 2 aromatic carbocycles. The Morgan fingerprint density at radius 3 is 2.60 bits per heavy atom. The van der Waals surface area contributed by atoms with Gasteiger partial charge in [0.05, 0.1) is 5.56 Å². The van der Waals surface area contributed by atoms with Gasteiger partial charge in [-0.15, -0.1) is 0 Å². The molecule has 0 aliphatic heterocycles. The third-order valence-corrected chi connectivity index (χ3v) is 3.66. The van der Waals surface area contributed by atoms with Crippen LogP contribution < -0.4 is 10.5 Å². The van der Waals surface area contributed by atoms with Gasteiger partial charge >= 0.3 is 0 Å². The van der Waals surface area contributed by atoms with Crippen LogP contribution in [0.3, 0.4) is 0 Å². The Morgan fingerprint density at radius 2 is 1.95 bits per heavy atom. The van der Waals surface area contributed by atoms with Crippen molar-refractivity contribution in [3.63, 3.8) is 0 Å². The minimum Gasteiger partial charge on any atom is -0.457 e. The number of halogens is 2. The molecule has 20 heavy (non-hydrogen) atoms. The van der Waals surface area contributed by atoms with E-state index >= 15 is 0 Å². The lowest BCUT2D eigenvalue weighted by Crippen LogP contribution is -2.10. The molecule has 0 unspecified atom stereocenters. The van der Waals surface area contributed by atoms with Crippen molar-refractivity contribution in [1.82, 2.24) is 0 Å². The predicted octanol–water partition coefficient (Wildman–Crippen LogP) is 4.98. The van der Waals surface area contributed by atoms with E-state index in [1.54, 1.807) is 24.3 Å². The van der Waals surface area contributed by atoms with Crippen LogP contribution in [0, 0.1) is 0 Å². The predicted molar refractivity (Wildman–Crippen MR) is 88.2 cm³/mol. The van der Waals surface area contributed by atoms with Gasteiger partial charge in [-0.1, -0.05) is 42.3 Å². The molecule has 0 aromatic heterocycles. The smallest absolute Gasteiger partial charge is 0.137 e. The zero-order valence-corrected chi connectivity index (χ0v) is 13.1. The van der Waals surface area contributed by atoms with E-state index in [2.05, 4.69) is 0 Å². The van der Waals surface area contributed by atoms with E-state index in [-0.39, 0.29) is 4.99 Å². The zero-order valence-electron chi connectivity index (χ0n) is 10.8. The Morgan fingerprint density at radius 1 is 1.20 bits per heavy atom. The summed E-state index contributed by atoms with van der Waals surface area (Å²) >= 11 is 17.0. The molecule has 0 spiro atoms. The summed E-state index contributed by atoms with van der Waals surface area (Å²) in [4.78, 5) is 0.243. The Labute approximate surface area is 133 Å². The second-order valence-electron chi connectivity index (χ2n) is 4.21. The SMILES string of the molecule is CCc1cc(Oc2ccc(Cl)cc2C(N)=S)ccc1Cl. The van der Waals surface area contributed by atoms with Crippen molar-refractivity contribution >= 4 is 40.4 Å². The van der Waals surface area contributed by atoms with Crippen LogP contribution in [0.4, 0.5) is 0 Å². The Balaban J connectivity index is 2.37. The molecule has 0 amide bonds. The van der Waals surface area contributed by atoms with Gasteiger partial charge in [0.15, 0.2) is 0 Å². The summed E-state index contributed by atoms with van der Waals surface area (Å²) in [6, 6.07) is 10.7. The van der Waals surface area contributed by atoms with Crippen molar-refractivity contribution in [2.45, 2.75) is 13.3 Å². The van der Waals surface area contributed by atoms with Crippen LogP contribution in [0.15, 0.2) is 36.4 Å². The number of hydrogen-bond acceptors (Lipinski definition) is 2. The second-order valence-corrected chi connectivity index (χ2v) is 5.50. The molecule has 2 N–H and O–H groups in total. The van der Waals surface area contributed by atoms with Crippen molar-refractivity contribution in [2.75, 3.05) is 0 Å². The number of rotatable bonds is 4. The average Bonchev–Trinajstić information content (AvgIpc) is 2.42.